The highest BCUT2D eigenvalue weighted by atomic mass is 16.6. The van der Waals surface area contributed by atoms with Gasteiger partial charge in [0.1, 0.15) is 5.60 Å². The van der Waals surface area contributed by atoms with Gasteiger partial charge in [-0.3, -0.25) is 0 Å². The van der Waals surface area contributed by atoms with Gasteiger partial charge in [0.05, 0.1) is 6.10 Å². The summed E-state index contributed by atoms with van der Waals surface area (Å²) in [5.74, 6) is 0.178. The second kappa shape index (κ2) is 6.94. The molecule has 0 spiro atoms. The maximum absolute atomic E-state index is 11.9. The molecule has 1 aliphatic rings. The van der Waals surface area contributed by atoms with Crippen molar-refractivity contribution in [1.82, 2.24) is 4.90 Å². The van der Waals surface area contributed by atoms with Gasteiger partial charge in [-0.2, -0.15) is 0 Å². The van der Waals surface area contributed by atoms with Gasteiger partial charge in [-0.1, -0.05) is 6.08 Å². The Hall–Kier alpha value is -1.03. The van der Waals surface area contributed by atoms with Gasteiger partial charge in [0.25, 0.3) is 0 Å². The van der Waals surface area contributed by atoms with E-state index in [-0.39, 0.29) is 18.1 Å². The minimum Gasteiger partial charge on any atom is -0.444 e. The zero-order valence-electron chi connectivity index (χ0n) is 12.4. The lowest BCUT2D eigenvalue weighted by Crippen LogP contribution is -2.36. The topological polar surface area (TPSA) is 49.8 Å². The molecule has 0 aliphatic carbocycles. The fraction of sp³-hybridized carbons (Fsp3) is 0.800. The molecule has 19 heavy (non-hydrogen) atoms. The average molecular weight is 269 g/mol. The molecule has 1 rings (SSSR count). The van der Waals surface area contributed by atoms with Crippen LogP contribution in [0.15, 0.2) is 12.7 Å². The minimum absolute atomic E-state index is 0.178. The number of aliphatic hydroxyl groups is 1. The largest absolute Gasteiger partial charge is 0.444 e. The van der Waals surface area contributed by atoms with E-state index >= 15 is 0 Å². The summed E-state index contributed by atoms with van der Waals surface area (Å²) in [4.78, 5) is 13.6. The number of nitrogens with zero attached hydrogens (tertiary/aromatic N) is 1. The Bertz CT molecular complexity index is 309. The highest BCUT2D eigenvalue weighted by Gasteiger charge is 2.32. The molecular formula is C15H27NO3. The lowest BCUT2D eigenvalue weighted by atomic mass is 9.97. The molecule has 0 bridgehead atoms. The van der Waals surface area contributed by atoms with Gasteiger partial charge in [-0.15, -0.1) is 6.58 Å². The Morgan fingerprint density at radius 2 is 2.26 bits per heavy atom. The predicted octanol–water partition coefficient (Wildman–Crippen LogP) is 2.96. The third-order valence-corrected chi connectivity index (χ3v) is 3.33. The van der Waals surface area contributed by atoms with Gasteiger partial charge in [0.2, 0.25) is 0 Å². The van der Waals surface area contributed by atoms with Crippen LogP contribution >= 0.6 is 0 Å². The maximum Gasteiger partial charge on any atom is 0.410 e. The molecule has 0 saturated carbocycles. The fourth-order valence-corrected chi connectivity index (χ4v) is 2.30. The van der Waals surface area contributed by atoms with Crippen LogP contribution in [-0.2, 0) is 4.74 Å². The van der Waals surface area contributed by atoms with Gasteiger partial charge >= 0.3 is 6.09 Å². The molecule has 110 valence electrons. The molecule has 1 saturated heterocycles. The van der Waals surface area contributed by atoms with Crippen molar-refractivity contribution < 1.29 is 14.6 Å². The highest BCUT2D eigenvalue weighted by molar-refractivity contribution is 5.68. The van der Waals surface area contributed by atoms with Crippen molar-refractivity contribution >= 4 is 6.09 Å². The van der Waals surface area contributed by atoms with E-state index < -0.39 is 5.60 Å². The summed E-state index contributed by atoms with van der Waals surface area (Å²) < 4.78 is 5.34. The lowest BCUT2D eigenvalue weighted by Gasteiger charge is -2.25. The average Bonchev–Trinajstić information content (AvgIpc) is 2.76. The normalized spacial score (nSPS) is 21.3. The van der Waals surface area contributed by atoms with Gasteiger partial charge in [-0.05, 0) is 46.5 Å². The summed E-state index contributed by atoms with van der Waals surface area (Å²) in [6.45, 7) is 10.5. The zero-order chi connectivity index (χ0) is 14.5. The first-order valence-corrected chi connectivity index (χ1v) is 7.10. The van der Waals surface area contributed by atoms with Crippen LogP contribution in [0, 0.1) is 5.92 Å². The number of unbranched alkanes of at least 4 members (excludes halogenated alkanes) is 1. The molecule has 0 aromatic carbocycles. The van der Waals surface area contributed by atoms with Crippen molar-refractivity contribution in [3.05, 3.63) is 12.7 Å². The summed E-state index contributed by atoms with van der Waals surface area (Å²) in [6.07, 6.45) is 4.79. The van der Waals surface area contributed by atoms with Crippen LogP contribution in [0.5, 0.6) is 0 Å². The molecular weight excluding hydrogens is 242 g/mol. The Kier molecular flexibility index (Phi) is 5.85. The third kappa shape index (κ3) is 5.64. The smallest absolute Gasteiger partial charge is 0.410 e. The van der Waals surface area contributed by atoms with E-state index in [0.29, 0.717) is 13.1 Å². The van der Waals surface area contributed by atoms with Crippen LogP contribution in [-0.4, -0.2) is 40.9 Å². The summed E-state index contributed by atoms with van der Waals surface area (Å²) in [7, 11) is 0. The van der Waals surface area contributed by atoms with Crippen molar-refractivity contribution in [3.8, 4) is 0 Å². The number of carbonyl (C=O) groups excluding carboxylic acids is 1. The first-order chi connectivity index (χ1) is 8.83. The summed E-state index contributed by atoms with van der Waals surface area (Å²) in [6, 6.07) is 0. The van der Waals surface area contributed by atoms with Crippen LogP contribution in [0.25, 0.3) is 0 Å². The Morgan fingerprint density at radius 3 is 2.84 bits per heavy atom. The van der Waals surface area contributed by atoms with Crippen molar-refractivity contribution in [1.29, 1.82) is 0 Å². The number of amides is 1. The molecule has 2 atom stereocenters. The monoisotopic (exact) mass is 269 g/mol. The Balaban J connectivity index is 2.36. The summed E-state index contributed by atoms with van der Waals surface area (Å²) >= 11 is 0. The number of rotatable bonds is 5. The highest BCUT2D eigenvalue weighted by Crippen LogP contribution is 2.24. The number of hydrogen-bond donors (Lipinski definition) is 1. The first kappa shape index (κ1) is 16.0. The van der Waals surface area contributed by atoms with Crippen molar-refractivity contribution in [2.45, 2.75) is 58.2 Å². The molecule has 1 heterocycles. The van der Waals surface area contributed by atoms with Crippen molar-refractivity contribution in [3.63, 3.8) is 0 Å². The van der Waals surface area contributed by atoms with E-state index in [0.717, 1.165) is 25.7 Å². The number of likely N-dealkylation sites (tertiary alicyclic amines) is 1. The van der Waals surface area contributed by atoms with Gasteiger partial charge in [0.15, 0.2) is 0 Å². The number of carbonyl (C=O) groups is 1. The van der Waals surface area contributed by atoms with E-state index in [1.165, 1.54) is 0 Å². The second-order valence-electron chi connectivity index (χ2n) is 6.26. The molecule has 4 heteroatoms. The van der Waals surface area contributed by atoms with Crippen LogP contribution in [0.2, 0.25) is 0 Å². The van der Waals surface area contributed by atoms with E-state index in [4.69, 9.17) is 4.74 Å². The van der Waals surface area contributed by atoms with Crippen molar-refractivity contribution in [2.75, 3.05) is 13.1 Å². The third-order valence-electron chi connectivity index (χ3n) is 3.33. The number of hydrogen-bond acceptors (Lipinski definition) is 3. The van der Waals surface area contributed by atoms with Gasteiger partial charge in [-0.25, -0.2) is 4.79 Å². The van der Waals surface area contributed by atoms with E-state index in [9.17, 15) is 9.90 Å². The van der Waals surface area contributed by atoms with Crippen LogP contribution in [0.1, 0.15) is 46.5 Å². The molecule has 0 aromatic heterocycles. The molecule has 2 unspecified atom stereocenters. The van der Waals surface area contributed by atoms with Gasteiger partial charge in [0, 0.05) is 19.0 Å². The van der Waals surface area contributed by atoms with E-state index in [1.54, 1.807) is 4.90 Å². The molecule has 1 N–H and O–H groups in total. The SMILES string of the molecule is C=CCCCC(O)C1CCN(C(=O)OC(C)(C)C)C1. The first-order valence-electron chi connectivity index (χ1n) is 7.10. The maximum atomic E-state index is 11.9. The minimum atomic E-state index is -0.461. The van der Waals surface area contributed by atoms with Crippen molar-refractivity contribution in [2.24, 2.45) is 5.92 Å². The Labute approximate surface area is 116 Å². The van der Waals surface area contributed by atoms with Crippen LogP contribution < -0.4 is 0 Å². The quantitative estimate of drug-likeness (QED) is 0.616. The number of allylic oxidation sites excluding steroid dienone is 1. The number of ether oxygens (including phenoxy) is 1. The molecule has 1 amide bonds. The van der Waals surface area contributed by atoms with Crippen LogP contribution in [0.4, 0.5) is 4.79 Å². The molecule has 1 fully saturated rings. The fourth-order valence-electron chi connectivity index (χ4n) is 2.30. The molecule has 4 nitrogen and oxygen atoms in total. The van der Waals surface area contributed by atoms with E-state index in [1.807, 2.05) is 26.8 Å². The van der Waals surface area contributed by atoms with Gasteiger partial charge < -0.3 is 14.7 Å². The van der Waals surface area contributed by atoms with E-state index in [2.05, 4.69) is 6.58 Å². The lowest BCUT2D eigenvalue weighted by molar-refractivity contribution is 0.0266. The standard InChI is InChI=1S/C15H27NO3/c1-5-6-7-8-13(17)12-9-10-16(11-12)14(18)19-15(2,3)4/h5,12-13,17H,1,6-11H2,2-4H3. The summed E-state index contributed by atoms with van der Waals surface area (Å²) in [5.41, 5.74) is -0.461. The zero-order valence-corrected chi connectivity index (χ0v) is 12.4. The number of aliphatic hydroxyl groups excluding tert-OH is 1. The van der Waals surface area contributed by atoms with Crippen LogP contribution in [0.3, 0.4) is 0 Å². The molecule has 0 radical (unpaired) electrons. The second-order valence-corrected chi connectivity index (χ2v) is 6.26. The molecule has 0 aromatic rings. The Morgan fingerprint density at radius 1 is 1.58 bits per heavy atom. The predicted molar refractivity (Wildman–Crippen MR) is 76.0 cm³/mol. The molecule has 1 aliphatic heterocycles. The summed E-state index contributed by atoms with van der Waals surface area (Å²) in [5, 5.41) is 10.1.